The largest absolute Gasteiger partial charge is 0.309 e. The molecule has 0 radical (unpaired) electrons. The molecule has 1 heteroatoms. The summed E-state index contributed by atoms with van der Waals surface area (Å²) in [5.74, 6) is 0. The molecule has 1 saturated heterocycles. The lowest BCUT2D eigenvalue weighted by Crippen LogP contribution is -2.56. The van der Waals surface area contributed by atoms with E-state index in [0.29, 0.717) is 11.5 Å². The average molecular weight is 201 g/mol. The standard InChI is InChI=1S/C14H19N/c1-3-7-12(8-4-1)13-14(11-15-13)9-5-2-6-10-14/h1,3-4,7-8,13,15H,2,5-6,9-11H2/t13-/m1/s1. The van der Waals surface area contributed by atoms with Crippen LogP contribution in [0, 0.1) is 5.41 Å². The fraction of sp³-hybridized carbons (Fsp3) is 0.571. The van der Waals surface area contributed by atoms with Crippen molar-refractivity contribution in [3.8, 4) is 0 Å². The third kappa shape index (κ3) is 1.50. The zero-order valence-corrected chi connectivity index (χ0v) is 9.21. The number of hydrogen-bond donors (Lipinski definition) is 1. The Bertz CT molecular complexity index is 324. The lowest BCUT2D eigenvalue weighted by molar-refractivity contribution is 0.0361. The van der Waals surface area contributed by atoms with Crippen LogP contribution < -0.4 is 5.32 Å². The summed E-state index contributed by atoms with van der Waals surface area (Å²) in [7, 11) is 0. The molecule has 1 aromatic carbocycles. The molecule has 0 amide bonds. The SMILES string of the molecule is c1ccc([C@H]2NCC23CCCCC3)cc1. The van der Waals surface area contributed by atoms with Crippen molar-refractivity contribution in [1.29, 1.82) is 0 Å². The molecule has 2 fully saturated rings. The Kier molecular flexibility index (Phi) is 2.28. The molecule has 1 spiro atoms. The highest BCUT2D eigenvalue weighted by atomic mass is 15.0. The Hall–Kier alpha value is -0.820. The first-order valence-electron chi connectivity index (χ1n) is 6.19. The van der Waals surface area contributed by atoms with Gasteiger partial charge in [-0.05, 0) is 18.4 Å². The topological polar surface area (TPSA) is 12.0 Å². The second kappa shape index (κ2) is 3.64. The van der Waals surface area contributed by atoms with Gasteiger partial charge in [0.15, 0.2) is 0 Å². The molecule has 0 unspecified atom stereocenters. The van der Waals surface area contributed by atoms with E-state index >= 15 is 0 Å². The smallest absolute Gasteiger partial charge is 0.0389 e. The van der Waals surface area contributed by atoms with Crippen LogP contribution in [-0.4, -0.2) is 6.54 Å². The molecule has 0 aromatic heterocycles. The summed E-state index contributed by atoms with van der Waals surface area (Å²) < 4.78 is 0. The summed E-state index contributed by atoms with van der Waals surface area (Å²) in [6.45, 7) is 1.24. The summed E-state index contributed by atoms with van der Waals surface area (Å²) in [4.78, 5) is 0. The molecule has 1 aliphatic carbocycles. The minimum Gasteiger partial charge on any atom is -0.309 e. The Balaban J connectivity index is 1.83. The van der Waals surface area contributed by atoms with Crippen molar-refractivity contribution in [2.24, 2.45) is 5.41 Å². The maximum absolute atomic E-state index is 3.62. The molecule has 1 atom stereocenters. The second-order valence-corrected chi connectivity index (χ2v) is 5.15. The molecule has 1 aromatic rings. The lowest BCUT2D eigenvalue weighted by atomic mass is 9.62. The maximum atomic E-state index is 3.62. The predicted octanol–water partition coefficient (Wildman–Crippen LogP) is 3.28. The lowest BCUT2D eigenvalue weighted by Gasteiger charge is -2.53. The van der Waals surface area contributed by atoms with E-state index in [1.54, 1.807) is 0 Å². The van der Waals surface area contributed by atoms with Crippen molar-refractivity contribution in [1.82, 2.24) is 5.32 Å². The van der Waals surface area contributed by atoms with Gasteiger partial charge in [0.2, 0.25) is 0 Å². The van der Waals surface area contributed by atoms with Gasteiger partial charge in [-0.3, -0.25) is 0 Å². The van der Waals surface area contributed by atoms with Gasteiger partial charge in [0.05, 0.1) is 0 Å². The zero-order valence-electron chi connectivity index (χ0n) is 9.21. The van der Waals surface area contributed by atoms with Crippen LogP contribution in [0.25, 0.3) is 0 Å². The molecule has 1 saturated carbocycles. The third-order valence-corrected chi connectivity index (χ3v) is 4.25. The van der Waals surface area contributed by atoms with E-state index in [9.17, 15) is 0 Å². The van der Waals surface area contributed by atoms with E-state index in [2.05, 4.69) is 35.6 Å². The van der Waals surface area contributed by atoms with E-state index in [4.69, 9.17) is 0 Å². The highest BCUT2D eigenvalue weighted by Gasteiger charge is 2.47. The van der Waals surface area contributed by atoms with Gasteiger partial charge < -0.3 is 5.32 Å². The number of hydrogen-bond acceptors (Lipinski definition) is 1. The first-order valence-corrected chi connectivity index (χ1v) is 6.19. The normalized spacial score (nSPS) is 28.7. The van der Waals surface area contributed by atoms with Gasteiger partial charge in [-0.25, -0.2) is 0 Å². The molecular weight excluding hydrogens is 182 g/mol. The van der Waals surface area contributed by atoms with Crippen LogP contribution in [0.5, 0.6) is 0 Å². The summed E-state index contributed by atoms with van der Waals surface area (Å²) in [6, 6.07) is 11.6. The molecule has 3 rings (SSSR count). The molecule has 1 nitrogen and oxygen atoms in total. The van der Waals surface area contributed by atoms with Gasteiger partial charge in [0, 0.05) is 18.0 Å². The van der Waals surface area contributed by atoms with E-state index < -0.39 is 0 Å². The fourth-order valence-corrected chi connectivity index (χ4v) is 3.33. The van der Waals surface area contributed by atoms with E-state index in [0.717, 1.165) is 0 Å². The monoisotopic (exact) mass is 201 g/mol. The molecule has 1 heterocycles. The van der Waals surface area contributed by atoms with Crippen LogP contribution >= 0.6 is 0 Å². The first kappa shape index (κ1) is 9.41. The van der Waals surface area contributed by atoms with Gasteiger partial charge in [-0.2, -0.15) is 0 Å². The van der Waals surface area contributed by atoms with Gasteiger partial charge >= 0.3 is 0 Å². The summed E-state index contributed by atoms with van der Waals surface area (Å²) in [6.07, 6.45) is 7.18. The molecule has 15 heavy (non-hydrogen) atoms. The first-order chi connectivity index (χ1) is 7.41. The van der Waals surface area contributed by atoms with Gasteiger partial charge in [-0.1, -0.05) is 49.6 Å². The Morgan fingerprint density at radius 1 is 1.00 bits per heavy atom. The summed E-state index contributed by atoms with van der Waals surface area (Å²) in [5, 5.41) is 3.62. The molecule has 1 aliphatic heterocycles. The van der Waals surface area contributed by atoms with Crippen LogP contribution in [0.4, 0.5) is 0 Å². The maximum Gasteiger partial charge on any atom is 0.0389 e. The molecule has 2 aliphatic rings. The van der Waals surface area contributed by atoms with Gasteiger partial charge in [-0.15, -0.1) is 0 Å². The van der Waals surface area contributed by atoms with E-state index in [-0.39, 0.29) is 0 Å². The Morgan fingerprint density at radius 2 is 1.73 bits per heavy atom. The number of benzene rings is 1. The average Bonchev–Trinajstić information content (AvgIpc) is 2.30. The Morgan fingerprint density at radius 3 is 2.33 bits per heavy atom. The minimum absolute atomic E-state index is 0.611. The van der Waals surface area contributed by atoms with Crippen LogP contribution in [-0.2, 0) is 0 Å². The van der Waals surface area contributed by atoms with Gasteiger partial charge in [0.1, 0.15) is 0 Å². The molecule has 1 N–H and O–H groups in total. The highest BCUT2D eigenvalue weighted by molar-refractivity contribution is 5.25. The van der Waals surface area contributed by atoms with Crippen molar-refractivity contribution in [3.63, 3.8) is 0 Å². The van der Waals surface area contributed by atoms with Crippen molar-refractivity contribution in [2.75, 3.05) is 6.54 Å². The van der Waals surface area contributed by atoms with E-state index in [1.807, 2.05) is 0 Å². The van der Waals surface area contributed by atoms with Crippen LogP contribution in [0.3, 0.4) is 0 Å². The fourth-order valence-electron chi connectivity index (χ4n) is 3.33. The third-order valence-electron chi connectivity index (χ3n) is 4.25. The van der Waals surface area contributed by atoms with Crippen molar-refractivity contribution in [2.45, 2.75) is 38.1 Å². The molecule has 80 valence electrons. The minimum atomic E-state index is 0.611. The second-order valence-electron chi connectivity index (χ2n) is 5.15. The van der Waals surface area contributed by atoms with Crippen LogP contribution in [0.1, 0.15) is 43.7 Å². The quantitative estimate of drug-likeness (QED) is 0.735. The summed E-state index contributed by atoms with van der Waals surface area (Å²) >= 11 is 0. The summed E-state index contributed by atoms with van der Waals surface area (Å²) in [5.41, 5.74) is 2.10. The van der Waals surface area contributed by atoms with Crippen molar-refractivity contribution >= 4 is 0 Å². The predicted molar refractivity (Wildman–Crippen MR) is 62.7 cm³/mol. The van der Waals surface area contributed by atoms with Crippen LogP contribution in [0.15, 0.2) is 30.3 Å². The van der Waals surface area contributed by atoms with Crippen molar-refractivity contribution < 1.29 is 0 Å². The zero-order chi connectivity index (χ0) is 10.1. The Labute approximate surface area is 91.9 Å². The van der Waals surface area contributed by atoms with Crippen LogP contribution in [0.2, 0.25) is 0 Å². The van der Waals surface area contributed by atoms with E-state index in [1.165, 1.54) is 44.2 Å². The number of nitrogens with one attached hydrogen (secondary N) is 1. The highest BCUT2D eigenvalue weighted by Crippen LogP contribution is 2.50. The number of rotatable bonds is 1. The van der Waals surface area contributed by atoms with Gasteiger partial charge in [0.25, 0.3) is 0 Å². The molecular formula is C14H19N. The van der Waals surface area contributed by atoms with Crippen molar-refractivity contribution in [3.05, 3.63) is 35.9 Å². The molecule has 0 bridgehead atoms.